The number of anilines is 1. The molecule has 0 unspecified atom stereocenters. The molecule has 0 atom stereocenters. The number of nitrogens with one attached hydrogen (secondary N) is 1. The lowest BCUT2D eigenvalue weighted by molar-refractivity contribution is 0.0949. The highest BCUT2D eigenvalue weighted by Crippen LogP contribution is 2.14. The number of amides is 1. The number of fused-ring (bicyclic) bond motifs is 1. The number of nitrogen functional groups attached to an aromatic ring is 1. The number of carbonyl (C=O) groups excluding carboxylic acids is 1. The van der Waals surface area contributed by atoms with Gasteiger partial charge in [-0.15, -0.1) is 0 Å². The Balaban J connectivity index is 1.92. The predicted octanol–water partition coefficient (Wildman–Crippen LogP) is 3.32. The van der Waals surface area contributed by atoms with Gasteiger partial charge >= 0.3 is 0 Å². The van der Waals surface area contributed by atoms with Gasteiger partial charge < -0.3 is 5.73 Å². The van der Waals surface area contributed by atoms with Crippen LogP contribution in [0.15, 0.2) is 58.4 Å². The molecule has 7 nitrogen and oxygen atoms in total. The molecular weight excluding hydrogens is 366 g/mol. The minimum Gasteiger partial charge on any atom is -0.399 e. The molecule has 0 saturated heterocycles. The molecule has 0 saturated carbocycles. The molecule has 0 aliphatic heterocycles. The van der Waals surface area contributed by atoms with Crippen LogP contribution in [0.1, 0.15) is 49.2 Å². The van der Waals surface area contributed by atoms with Crippen LogP contribution in [0.3, 0.4) is 0 Å². The Kier molecular flexibility index (Phi) is 6.39. The maximum Gasteiger partial charge on any atom is 0.292 e. The summed E-state index contributed by atoms with van der Waals surface area (Å²) in [4.78, 5) is 25.5. The summed E-state index contributed by atoms with van der Waals surface area (Å²) in [5, 5.41) is 9.52. The number of nitrogens with zero attached hydrogens (tertiary/aromatic N) is 3. The fraction of sp³-hybridized carbons (Fsp3) is 0.273. The van der Waals surface area contributed by atoms with Gasteiger partial charge in [-0.3, -0.25) is 9.59 Å². The predicted molar refractivity (Wildman–Crippen MR) is 116 cm³/mol. The average molecular weight is 391 g/mol. The van der Waals surface area contributed by atoms with Crippen molar-refractivity contribution in [2.45, 2.75) is 39.7 Å². The van der Waals surface area contributed by atoms with E-state index < -0.39 is 5.91 Å². The number of aryl methyl sites for hydroxylation is 1. The smallest absolute Gasteiger partial charge is 0.292 e. The Morgan fingerprint density at radius 2 is 1.79 bits per heavy atom. The van der Waals surface area contributed by atoms with Crippen LogP contribution in [0.5, 0.6) is 0 Å². The molecule has 0 aliphatic rings. The monoisotopic (exact) mass is 391 g/mol. The molecule has 0 spiro atoms. The maximum atomic E-state index is 12.8. The van der Waals surface area contributed by atoms with Gasteiger partial charge in [-0.05, 0) is 37.1 Å². The van der Waals surface area contributed by atoms with Crippen molar-refractivity contribution in [3.05, 3.63) is 70.1 Å². The Morgan fingerprint density at radius 1 is 1.10 bits per heavy atom. The van der Waals surface area contributed by atoms with Crippen LogP contribution in [-0.4, -0.2) is 21.4 Å². The molecular formula is C22H25N5O2. The Labute approximate surface area is 169 Å². The quantitative estimate of drug-likeness (QED) is 0.279. The van der Waals surface area contributed by atoms with E-state index in [0.717, 1.165) is 24.8 Å². The second-order valence-electron chi connectivity index (χ2n) is 6.89. The summed E-state index contributed by atoms with van der Waals surface area (Å²) in [7, 11) is 0. The minimum atomic E-state index is -0.458. The van der Waals surface area contributed by atoms with Gasteiger partial charge in [0.05, 0.1) is 11.1 Å². The number of nitrogens with two attached hydrogens (primary N) is 1. The lowest BCUT2D eigenvalue weighted by atomic mass is 10.1. The van der Waals surface area contributed by atoms with Gasteiger partial charge in [0, 0.05) is 17.6 Å². The number of hydrogen-bond donors (Lipinski definition) is 2. The molecule has 150 valence electrons. The highest BCUT2D eigenvalue weighted by atomic mass is 16.2. The molecule has 3 N–H and O–H groups in total. The number of hydrazone groups is 1. The van der Waals surface area contributed by atoms with Crippen molar-refractivity contribution in [1.82, 2.24) is 15.2 Å². The molecule has 3 rings (SSSR count). The van der Waals surface area contributed by atoms with E-state index in [4.69, 9.17) is 5.73 Å². The zero-order valence-corrected chi connectivity index (χ0v) is 16.7. The highest BCUT2D eigenvalue weighted by Gasteiger charge is 2.16. The normalized spacial score (nSPS) is 11.6. The molecule has 29 heavy (non-hydrogen) atoms. The van der Waals surface area contributed by atoms with E-state index in [9.17, 15) is 9.59 Å². The maximum absolute atomic E-state index is 12.8. The van der Waals surface area contributed by atoms with Gasteiger partial charge in [0.2, 0.25) is 0 Å². The number of unbranched alkanes of at least 4 members (excludes halogenated alkanes) is 2. The molecule has 0 radical (unpaired) electrons. The van der Waals surface area contributed by atoms with Crippen LogP contribution in [-0.2, 0) is 6.54 Å². The summed E-state index contributed by atoms with van der Waals surface area (Å²) < 4.78 is 1.38. The van der Waals surface area contributed by atoms with Crippen molar-refractivity contribution >= 4 is 28.1 Å². The third-order valence-electron chi connectivity index (χ3n) is 4.71. The third-order valence-corrected chi connectivity index (χ3v) is 4.71. The Hall–Kier alpha value is -3.48. The Bertz CT molecular complexity index is 1100. The van der Waals surface area contributed by atoms with Gasteiger partial charge in [0.15, 0.2) is 5.69 Å². The van der Waals surface area contributed by atoms with Gasteiger partial charge in [0.1, 0.15) is 0 Å². The average Bonchev–Trinajstić information content (AvgIpc) is 2.74. The number of hydrogen-bond acceptors (Lipinski definition) is 5. The van der Waals surface area contributed by atoms with Gasteiger partial charge in [-0.1, -0.05) is 50.1 Å². The third kappa shape index (κ3) is 4.68. The van der Waals surface area contributed by atoms with Crippen LogP contribution in [0.4, 0.5) is 5.69 Å². The van der Waals surface area contributed by atoms with Crippen molar-refractivity contribution in [2.24, 2.45) is 5.10 Å². The van der Waals surface area contributed by atoms with Gasteiger partial charge in [-0.2, -0.15) is 10.2 Å². The number of aromatic nitrogens is 2. The van der Waals surface area contributed by atoms with E-state index in [1.807, 2.05) is 12.1 Å². The number of carbonyl (C=O) groups is 1. The van der Waals surface area contributed by atoms with E-state index in [1.165, 1.54) is 4.68 Å². The topological polar surface area (TPSA) is 102 Å². The van der Waals surface area contributed by atoms with Crippen LogP contribution < -0.4 is 16.7 Å². The van der Waals surface area contributed by atoms with E-state index >= 15 is 0 Å². The van der Waals surface area contributed by atoms with E-state index in [0.29, 0.717) is 28.7 Å². The summed E-state index contributed by atoms with van der Waals surface area (Å²) in [6, 6.07) is 14.2. The molecule has 1 amide bonds. The minimum absolute atomic E-state index is 0.185. The van der Waals surface area contributed by atoms with Gasteiger partial charge in [-0.25, -0.2) is 10.1 Å². The molecule has 7 heteroatoms. The molecule has 0 aliphatic carbocycles. The standard InChI is InChI=1S/C22H25N5O2/c1-3-4-7-14-27-22(29)19-9-6-5-8-18(19)20(26-27)21(28)25-24-15(2)16-10-12-17(23)13-11-16/h5-6,8-13H,3-4,7,14,23H2,1-2H3,(H,25,28)/b24-15-. The fourth-order valence-corrected chi connectivity index (χ4v) is 3.04. The van der Waals surface area contributed by atoms with Crippen LogP contribution in [0.2, 0.25) is 0 Å². The van der Waals surface area contributed by atoms with E-state index in [-0.39, 0.29) is 11.3 Å². The molecule has 1 heterocycles. The summed E-state index contributed by atoms with van der Waals surface area (Å²) in [5.74, 6) is -0.458. The summed E-state index contributed by atoms with van der Waals surface area (Å²) >= 11 is 0. The van der Waals surface area contributed by atoms with Crippen LogP contribution in [0.25, 0.3) is 10.8 Å². The number of rotatable bonds is 7. The first kappa shape index (κ1) is 20.3. The SMILES string of the molecule is CCCCCn1nc(C(=O)N/N=C(/C)c2ccc(N)cc2)c2ccccc2c1=O. The summed E-state index contributed by atoms with van der Waals surface area (Å²) in [6.45, 7) is 4.37. The van der Waals surface area contributed by atoms with Crippen molar-refractivity contribution in [3.63, 3.8) is 0 Å². The lowest BCUT2D eigenvalue weighted by Crippen LogP contribution is -2.29. The summed E-state index contributed by atoms with van der Waals surface area (Å²) in [6.07, 6.45) is 2.86. The van der Waals surface area contributed by atoms with Crippen LogP contribution >= 0.6 is 0 Å². The van der Waals surface area contributed by atoms with Crippen molar-refractivity contribution in [2.75, 3.05) is 5.73 Å². The first-order valence-electron chi connectivity index (χ1n) is 9.71. The zero-order valence-electron chi connectivity index (χ0n) is 16.7. The van der Waals surface area contributed by atoms with Crippen LogP contribution in [0, 0.1) is 0 Å². The highest BCUT2D eigenvalue weighted by molar-refractivity contribution is 6.06. The Morgan fingerprint density at radius 3 is 2.48 bits per heavy atom. The first-order valence-corrected chi connectivity index (χ1v) is 9.71. The van der Waals surface area contributed by atoms with Crippen molar-refractivity contribution in [3.8, 4) is 0 Å². The second-order valence-corrected chi connectivity index (χ2v) is 6.89. The molecule has 0 bridgehead atoms. The van der Waals surface area contributed by atoms with Gasteiger partial charge in [0.25, 0.3) is 11.5 Å². The van der Waals surface area contributed by atoms with E-state index in [1.54, 1.807) is 43.3 Å². The second kappa shape index (κ2) is 9.14. The molecule has 3 aromatic rings. The van der Waals surface area contributed by atoms with Crippen molar-refractivity contribution in [1.29, 1.82) is 0 Å². The number of benzene rings is 2. The lowest BCUT2D eigenvalue weighted by Gasteiger charge is -2.10. The largest absolute Gasteiger partial charge is 0.399 e. The van der Waals surface area contributed by atoms with E-state index in [2.05, 4.69) is 22.5 Å². The zero-order chi connectivity index (χ0) is 20.8. The first-order chi connectivity index (χ1) is 14.0. The molecule has 2 aromatic carbocycles. The molecule has 0 fully saturated rings. The fourth-order valence-electron chi connectivity index (χ4n) is 3.04. The molecule has 1 aromatic heterocycles. The summed E-state index contributed by atoms with van der Waals surface area (Å²) in [5.41, 5.74) is 10.4. The van der Waals surface area contributed by atoms with Crippen molar-refractivity contribution < 1.29 is 4.79 Å².